The minimum atomic E-state index is -0.285. The van der Waals surface area contributed by atoms with Crippen molar-refractivity contribution in [2.24, 2.45) is 5.92 Å². The minimum Gasteiger partial charge on any atom is -0.393 e. The predicted octanol–water partition coefficient (Wildman–Crippen LogP) is 3.27. The standard InChI is InChI=1S/C15H21ClN2O2/c1-10-5-3-7-12(16)14(10)17-15(20)18(2)9-11-6-4-8-13(11)19/h3,5,7,11,13,19H,4,6,8-9H2,1-2H3,(H,17,20)/t11-,13+/m0/s1. The van der Waals surface area contributed by atoms with Crippen molar-refractivity contribution in [3.05, 3.63) is 28.8 Å². The topological polar surface area (TPSA) is 52.6 Å². The highest BCUT2D eigenvalue weighted by atomic mass is 35.5. The van der Waals surface area contributed by atoms with E-state index in [1.165, 1.54) is 0 Å². The SMILES string of the molecule is Cc1cccc(Cl)c1NC(=O)N(C)C[C@@H]1CCC[C@H]1O. The van der Waals surface area contributed by atoms with E-state index in [9.17, 15) is 9.90 Å². The number of urea groups is 1. The summed E-state index contributed by atoms with van der Waals surface area (Å²) in [6.07, 6.45) is 2.56. The second kappa shape index (κ2) is 6.46. The van der Waals surface area contributed by atoms with Crippen LogP contribution in [0.2, 0.25) is 5.02 Å². The predicted molar refractivity (Wildman–Crippen MR) is 81.2 cm³/mol. The van der Waals surface area contributed by atoms with E-state index in [1.54, 1.807) is 18.0 Å². The number of hydrogen-bond donors (Lipinski definition) is 2. The lowest BCUT2D eigenvalue weighted by Gasteiger charge is -2.24. The Bertz CT molecular complexity index is 473. The summed E-state index contributed by atoms with van der Waals surface area (Å²) in [5.74, 6) is 0.179. The Kier molecular flexibility index (Phi) is 4.89. The average molecular weight is 297 g/mol. The second-order valence-electron chi connectivity index (χ2n) is 5.50. The fourth-order valence-electron chi connectivity index (χ4n) is 2.66. The quantitative estimate of drug-likeness (QED) is 0.899. The molecule has 110 valence electrons. The normalized spacial score (nSPS) is 21.8. The first-order valence-corrected chi connectivity index (χ1v) is 7.32. The molecule has 0 spiro atoms. The van der Waals surface area contributed by atoms with Crippen LogP contribution in [0.1, 0.15) is 24.8 Å². The number of hydrogen-bond acceptors (Lipinski definition) is 2. The lowest BCUT2D eigenvalue weighted by molar-refractivity contribution is 0.116. The molecule has 0 aliphatic heterocycles. The maximum atomic E-state index is 12.2. The molecule has 1 aromatic carbocycles. The van der Waals surface area contributed by atoms with Crippen LogP contribution in [0.3, 0.4) is 0 Å². The van der Waals surface area contributed by atoms with Crippen molar-refractivity contribution in [3.63, 3.8) is 0 Å². The fraction of sp³-hybridized carbons (Fsp3) is 0.533. The van der Waals surface area contributed by atoms with E-state index in [4.69, 9.17) is 11.6 Å². The van der Waals surface area contributed by atoms with E-state index in [-0.39, 0.29) is 18.1 Å². The number of benzene rings is 1. The number of halogens is 1. The van der Waals surface area contributed by atoms with E-state index in [1.807, 2.05) is 19.1 Å². The number of carbonyl (C=O) groups excluding carboxylic acids is 1. The van der Waals surface area contributed by atoms with E-state index < -0.39 is 0 Å². The van der Waals surface area contributed by atoms with Crippen LogP contribution in [0.15, 0.2) is 18.2 Å². The molecule has 1 fully saturated rings. The van der Waals surface area contributed by atoms with Crippen LogP contribution in [0.25, 0.3) is 0 Å². The number of nitrogens with one attached hydrogen (secondary N) is 1. The molecule has 0 saturated heterocycles. The van der Waals surface area contributed by atoms with Crippen LogP contribution in [0.4, 0.5) is 10.5 Å². The molecule has 2 N–H and O–H groups in total. The Morgan fingerprint density at radius 3 is 2.85 bits per heavy atom. The maximum absolute atomic E-state index is 12.2. The Hall–Kier alpha value is -1.26. The lowest BCUT2D eigenvalue weighted by Crippen LogP contribution is -2.37. The number of aliphatic hydroxyl groups excluding tert-OH is 1. The lowest BCUT2D eigenvalue weighted by atomic mass is 10.1. The molecule has 1 aliphatic carbocycles. The highest BCUT2D eigenvalue weighted by Gasteiger charge is 2.27. The molecule has 0 unspecified atom stereocenters. The molecule has 0 heterocycles. The summed E-state index contributed by atoms with van der Waals surface area (Å²) in [6, 6.07) is 5.32. The maximum Gasteiger partial charge on any atom is 0.321 e. The number of nitrogens with zero attached hydrogens (tertiary/aromatic N) is 1. The summed E-state index contributed by atoms with van der Waals surface area (Å²) in [6.45, 7) is 2.47. The number of aryl methyl sites for hydroxylation is 1. The van der Waals surface area contributed by atoms with Crippen LogP contribution in [0, 0.1) is 12.8 Å². The first-order chi connectivity index (χ1) is 9.49. The largest absolute Gasteiger partial charge is 0.393 e. The third-order valence-electron chi connectivity index (χ3n) is 3.93. The molecule has 4 nitrogen and oxygen atoms in total. The van der Waals surface area contributed by atoms with E-state index in [0.717, 1.165) is 24.8 Å². The van der Waals surface area contributed by atoms with Crippen LogP contribution >= 0.6 is 11.6 Å². The Balaban J connectivity index is 1.97. The fourth-order valence-corrected chi connectivity index (χ4v) is 2.93. The molecule has 1 saturated carbocycles. The third kappa shape index (κ3) is 3.44. The van der Waals surface area contributed by atoms with Crippen molar-refractivity contribution in [1.82, 2.24) is 4.90 Å². The number of amides is 2. The zero-order valence-electron chi connectivity index (χ0n) is 11.9. The molecule has 1 aliphatic rings. The number of carbonyl (C=O) groups is 1. The third-order valence-corrected chi connectivity index (χ3v) is 4.24. The van der Waals surface area contributed by atoms with Gasteiger partial charge in [-0.1, -0.05) is 30.2 Å². The summed E-state index contributed by atoms with van der Waals surface area (Å²) >= 11 is 6.10. The van der Waals surface area contributed by atoms with E-state index in [2.05, 4.69) is 5.32 Å². The van der Waals surface area contributed by atoms with Crippen LogP contribution in [-0.2, 0) is 0 Å². The molecule has 0 bridgehead atoms. The molecule has 2 rings (SSSR count). The van der Waals surface area contributed by atoms with Gasteiger partial charge in [0.1, 0.15) is 0 Å². The highest BCUT2D eigenvalue weighted by molar-refractivity contribution is 6.33. The van der Waals surface area contributed by atoms with Gasteiger partial charge < -0.3 is 15.3 Å². The van der Waals surface area contributed by atoms with Gasteiger partial charge in [0.25, 0.3) is 0 Å². The van der Waals surface area contributed by atoms with Crippen molar-refractivity contribution in [2.45, 2.75) is 32.3 Å². The summed E-state index contributed by atoms with van der Waals surface area (Å²) in [7, 11) is 1.74. The monoisotopic (exact) mass is 296 g/mol. The summed E-state index contributed by atoms with van der Waals surface area (Å²) in [5, 5.41) is 13.2. The van der Waals surface area contributed by atoms with Gasteiger partial charge in [-0.05, 0) is 31.4 Å². The number of rotatable bonds is 3. The summed E-state index contributed by atoms with van der Waals surface area (Å²) < 4.78 is 0. The first-order valence-electron chi connectivity index (χ1n) is 6.94. The van der Waals surface area contributed by atoms with Gasteiger partial charge in [0.2, 0.25) is 0 Å². The number of aliphatic hydroxyl groups is 1. The van der Waals surface area contributed by atoms with Crippen LogP contribution < -0.4 is 5.32 Å². The molecule has 0 radical (unpaired) electrons. The van der Waals surface area contributed by atoms with Gasteiger partial charge >= 0.3 is 6.03 Å². The molecule has 2 atom stereocenters. The summed E-state index contributed by atoms with van der Waals surface area (Å²) in [5.41, 5.74) is 1.58. The van der Waals surface area contributed by atoms with Gasteiger partial charge in [-0.15, -0.1) is 0 Å². The van der Waals surface area contributed by atoms with Crippen molar-refractivity contribution in [1.29, 1.82) is 0 Å². The molecule has 2 amide bonds. The first kappa shape index (κ1) is 15.1. The Labute approximate surface area is 124 Å². The molecular weight excluding hydrogens is 276 g/mol. The van der Waals surface area contributed by atoms with Gasteiger partial charge in [-0.3, -0.25) is 0 Å². The number of para-hydroxylation sites is 1. The molecule has 5 heteroatoms. The Morgan fingerprint density at radius 2 is 2.25 bits per heavy atom. The van der Waals surface area contributed by atoms with Crippen molar-refractivity contribution in [3.8, 4) is 0 Å². The molecule has 1 aromatic rings. The Morgan fingerprint density at radius 1 is 1.50 bits per heavy atom. The van der Waals surface area contributed by atoms with Crippen molar-refractivity contribution in [2.75, 3.05) is 18.9 Å². The van der Waals surface area contributed by atoms with Gasteiger partial charge in [-0.25, -0.2) is 4.79 Å². The molecule has 0 aromatic heterocycles. The number of anilines is 1. The zero-order chi connectivity index (χ0) is 14.7. The van der Waals surface area contributed by atoms with Crippen LogP contribution in [0.5, 0.6) is 0 Å². The van der Waals surface area contributed by atoms with Gasteiger partial charge in [0.05, 0.1) is 16.8 Å². The van der Waals surface area contributed by atoms with Crippen molar-refractivity contribution < 1.29 is 9.90 Å². The van der Waals surface area contributed by atoms with Gasteiger partial charge in [-0.2, -0.15) is 0 Å². The molecule has 20 heavy (non-hydrogen) atoms. The highest BCUT2D eigenvalue weighted by Crippen LogP contribution is 2.27. The van der Waals surface area contributed by atoms with Gasteiger partial charge in [0.15, 0.2) is 0 Å². The summed E-state index contributed by atoms with van der Waals surface area (Å²) in [4.78, 5) is 13.8. The molecular formula is C15H21ClN2O2. The zero-order valence-corrected chi connectivity index (χ0v) is 12.7. The second-order valence-corrected chi connectivity index (χ2v) is 5.91. The smallest absolute Gasteiger partial charge is 0.321 e. The van der Waals surface area contributed by atoms with E-state index in [0.29, 0.717) is 17.3 Å². The average Bonchev–Trinajstić information content (AvgIpc) is 2.79. The van der Waals surface area contributed by atoms with E-state index >= 15 is 0 Å². The van der Waals surface area contributed by atoms with Crippen LogP contribution in [-0.4, -0.2) is 35.7 Å². The van der Waals surface area contributed by atoms with Crippen molar-refractivity contribution >= 4 is 23.3 Å². The van der Waals surface area contributed by atoms with Gasteiger partial charge in [0, 0.05) is 19.5 Å². The minimum absolute atomic E-state index is 0.179.